The van der Waals surface area contributed by atoms with Gasteiger partial charge >= 0.3 is 5.97 Å². The van der Waals surface area contributed by atoms with E-state index >= 15 is 0 Å². The van der Waals surface area contributed by atoms with Gasteiger partial charge in [0.15, 0.2) is 0 Å². The molecule has 0 amide bonds. The maximum atomic E-state index is 10.8. The molecule has 0 aromatic heterocycles. The van der Waals surface area contributed by atoms with Crippen LogP contribution < -0.4 is 0 Å². The van der Waals surface area contributed by atoms with Crippen molar-refractivity contribution in [3.05, 3.63) is 0 Å². The minimum atomic E-state index is -0.396. The van der Waals surface area contributed by atoms with Gasteiger partial charge < -0.3 is 37.9 Å². The maximum absolute atomic E-state index is 10.8. The Morgan fingerprint density at radius 2 is 0.703 bits per heavy atom. The normalized spacial score (nSPS) is 11.3. The molecule has 0 aromatic carbocycles. The number of hydrogen-bond acceptors (Lipinski definition) is 9. The Hall–Kier alpha value is -0.810. The lowest BCUT2D eigenvalue weighted by Crippen LogP contribution is -2.15. The topological polar surface area (TPSA) is 90.9 Å². The van der Waals surface area contributed by atoms with E-state index in [9.17, 15) is 4.79 Å². The maximum Gasteiger partial charge on any atom is 0.331 e. The summed E-state index contributed by atoms with van der Waals surface area (Å²) in [7, 11) is 1.32. The average Bonchev–Trinajstić information content (AvgIpc) is 2.91. The van der Waals surface area contributed by atoms with E-state index in [1.807, 2.05) is 0 Å². The zero-order valence-electron chi connectivity index (χ0n) is 23.9. The molecule has 0 saturated heterocycles. The van der Waals surface area contributed by atoms with Crippen molar-refractivity contribution in [3.8, 4) is 0 Å². The summed E-state index contributed by atoms with van der Waals surface area (Å²) in [6.45, 7) is 9.21. The molecule has 9 nitrogen and oxygen atoms in total. The minimum Gasteiger partial charge on any atom is -0.467 e. The van der Waals surface area contributed by atoms with E-state index in [0.717, 1.165) is 13.0 Å². The molecule has 0 fully saturated rings. The van der Waals surface area contributed by atoms with E-state index in [-0.39, 0.29) is 6.61 Å². The number of unbranched alkanes of at least 4 members (excludes halogenated alkanes) is 10. The molecule has 0 atom stereocenters. The Balaban J connectivity index is 3.03. The molecular weight excluding hydrogens is 480 g/mol. The quantitative estimate of drug-likeness (QED) is 0.0904. The third kappa shape index (κ3) is 33.2. The largest absolute Gasteiger partial charge is 0.467 e. The van der Waals surface area contributed by atoms with E-state index in [1.54, 1.807) is 0 Å². The molecule has 222 valence electrons. The van der Waals surface area contributed by atoms with Crippen LogP contribution in [0.5, 0.6) is 0 Å². The van der Waals surface area contributed by atoms with Crippen molar-refractivity contribution in [2.45, 2.75) is 77.6 Å². The van der Waals surface area contributed by atoms with E-state index < -0.39 is 5.97 Å². The highest BCUT2D eigenvalue weighted by molar-refractivity contribution is 5.70. The summed E-state index contributed by atoms with van der Waals surface area (Å²) in [5.41, 5.74) is 0. The smallest absolute Gasteiger partial charge is 0.331 e. The van der Waals surface area contributed by atoms with E-state index in [0.29, 0.717) is 79.3 Å². The van der Waals surface area contributed by atoms with Crippen molar-refractivity contribution < 1.29 is 42.7 Å². The highest BCUT2D eigenvalue weighted by Crippen LogP contribution is 2.11. The van der Waals surface area contributed by atoms with Gasteiger partial charge in [0, 0.05) is 6.61 Å². The molecule has 0 N–H and O–H groups in total. The van der Waals surface area contributed by atoms with Gasteiger partial charge in [-0.2, -0.15) is 0 Å². The highest BCUT2D eigenvalue weighted by atomic mass is 16.6. The predicted octanol–water partition coefficient (Wildman–Crippen LogP) is 4.59. The van der Waals surface area contributed by atoms with Crippen molar-refractivity contribution in [3.63, 3.8) is 0 Å². The lowest BCUT2D eigenvalue weighted by Gasteiger charge is -2.08. The number of carbonyl (C=O) groups is 1. The monoisotopic (exact) mass is 536 g/mol. The molecule has 0 aliphatic heterocycles. The average molecular weight is 537 g/mol. The van der Waals surface area contributed by atoms with Crippen molar-refractivity contribution in [2.24, 2.45) is 0 Å². The van der Waals surface area contributed by atoms with Crippen molar-refractivity contribution in [1.29, 1.82) is 0 Å². The van der Waals surface area contributed by atoms with Crippen LogP contribution in [0.25, 0.3) is 0 Å². The Kier molecular flexibility index (Phi) is 32.5. The fraction of sp³-hybridized carbons (Fsp3) is 0.964. The molecule has 0 radical (unpaired) electrons. The molecule has 0 unspecified atom stereocenters. The second-order valence-electron chi connectivity index (χ2n) is 8.84. The number of rotatable bonds is 32. The van der Waals surface area contributed by atoms with E-state index in [1.165, 1.54) is 71.3 Å². The first-order valence-corrected chi connectivity index (χ1v) is 14.4. The van der Waals surface area contributed by atoms with Crippen LogP contribution in [0.2, 0.25) is 0 Å². The van der Waals surface area contributed by atoms with Crippen LogP contribution in [-0.4, -0.2) is 106 Å². The standard InChI is InChI=1S/C28H56O9/c1-3-4-5-6-7-8-9-10-11-12-13-14-31-15-16-32-17-18-33-19-20-34-21-22-35-23-24-36-25-26-37-27-28(29)30-2/h3-27H2,1-2H3. The second kappa shape index (κ2) is 33.2. The van der Waals surface area contributed by atoms with Gasteiger partial charge in [0.1, 0.15) is 6.61 Å². The van der Waals surface area contributed by atoms with Gasteiger partial charge in [-0.1, -0.05) is 71.1 Å². The molecule has 0 saturated carbocycles. The highest BCUT2D eigenvalue weighted by Gasteiger charge is 1.99. The molecule has 9 heteroatoms. The van der Waals surface area contributed by atoms with Crippen LogP contribution in [0.4, 0.5) is 0 Å². The fourth-order valence-electron chi connectivity index (χ4n) is 3.40. The van der Waals surface area contributed by atoms with E-state index in [4.69, 9.17) is 33.2 Å². The third-order valence-electron chi connectivity index (χ3n) is 5.57. The number of hydrogen-bond donors (Lipinski definition) is 0. The minimum absolute atomic E-state index is 0.0566. The van der Waals surface area contributed by atoms with Crippen LogP contribution >= 0.6 is 0 Å². The molecule has 0 aliphatic carbocycles. The summed E-state index contributed by atoms with van der Waals surface area (Å²) in [5.74, 6) is -0.396. The molecule has 0 aliphatic rings. The Bertz CT molecular complexity index is 438. The Morgan fingerprint density at radius 3 is 1.05 bits per heavy atom. The van der Waals surface area contributed by atoms with Gasteiger partial charge in [0.05, 0.1) is 86.4 Å². The van der Waals surface area contributed by atoms with Crippen LogP contribution in [0, 0.1) is 0 Å². The summed E-state index contributed by atoms with van der Waals surface area (Å²) in [6.07, 6.45) is 14.9. The van der Waals surface area contributed by atoms with Gasteiger partial charge in [-0.25, -0.2) is 4.79 Å². The summed E-state index contributed by atoms with van der Waals surface area (Å²) in [5, 5.41) is 0. The SMILES string of the molecule is CCCCCCCCCCCCCOCCOCCOCCOCCOCCOCCOCC(=O)OC. The fourth-order valence-corrected chi connectivity index (χ4v) is 3.40. The molecule has 0 rings (SSSR count). The zero-order chi connectivity index (χ0) is 26.9. The predicted molar refractivity (Wildman–Crippen MR) is 144 cm³/mol. The molecule has 0 aromatic rings. The van der Waals surface area contributed by atoms with Crippen LogP contribution in [0.15, 0.2) is 0 Å². The van der Waals surface area contributed by atoms with Gasteiger partial charge in [-0.05, 0) is 6.42 Å². The molecule has 0 bridgehead atoms. The zero-order valence-corrected chi connectivity index (χ0v) is 23.9. The molecule has 0 heterocycles. The molecule has 0 spiro atoms. The van der Waals surface area contributed by atoms with Gasteiger partial charge in [0.25, 0.3) is 0 Å². The lowest BCUT2D eigenvalue weighted by molar-refractivity contribution is -0.146. The summed E-state index contributed by atoms with van der Waals surface area (Å²) in [4.78, 5) is 10.8. The van der Waals surface area contributed by atoms with Gasteiger partial charge in [0.2, 0.25) is 0 Å². The van der Waals surface area contributed by atoms with Crippen LogP contribution in [-0.2, 0) is 42.7 Å². The summed E-state index contributed by atoms with van der Waals surface area (Å²) in [6, 6.07) is 0. The number of carbonyl (C=O) groups excluding carboxylic acids is 1. The number of ether oxygens (including phenoxy) is 8. The summed E-state index contributed by atoms with van der Waals surface area (Å²) < 4.78 is 42.3. The van der Waals surface area contributed by atoms with Gasteiger partial charge in [-0.3, -0.25) is 0 Å². The Labute approximate surface area is 226 Å². The Morgan fingerprint density at radius 1 is 0.405 bits per heavy atom. The van der Waals surface area contributed by atoms with Crippen LogP contribution in [0.1, 0.15) is 77.6 Å². The van der Waals surface area contributed by atoms with Crippen molar-refractivity contribution >= 4 is 5.97 Å². The third-order valence-corrected chi connectivity index (χ3v) is 5.57. The first kappa shape index (κ1) is 36.2. The van der Waals surface area contributed by atoms with Crippen molar-refractivity contribution in [1.82, 2.24) is 0 Å². The second-order valence-corrected chi connectivity index (χ2v) is 8.84. The van der Waals surface area contributed by atoms with E-state index in [2.05, 4.69) is 11.7 Å². The van der Waals surface area contributed by atoms with Gasteiger partial charge in [-0.15, -0.1) is 0 Å². The first-order valence-electron chi connectivity index (χ1n) is 14.4. The van der Waals surface area contributed by atoms with Crippen LogP contribution in [0.3, 0.4) is 0 Å². The lowest BCUT2D eigenvalue weighted by atomic mass is 10.1. The number of esters is 1. The molecular formula is C28H56O9. The molecule has 37 heavy (non-hydrogen) atoms. The first-order chi connectivity index (χ1) is 18.3. The summed E-state index contributed by atoms with van der Waals surface area (Å²) >= 11 is 0. The van der Waals surface area contributed by atoms with Crippen molar-refractivity contribution in [2.75, 3.05) is 99.6 Å². The number of methoxy groups -OCH3 is 1.